The molecule has 0 radical (unpaired) electrons. The molecule has 2 rings (SSSR count). The summed E-state index contributed by atoms with van der Waals surface area (Å²) in [6, 6.07) is 0. The third-order valence-corrected chi connectivity index (χ3v) is 6.40. The Morgan fingerprint density at radius 2 is 1.17 bits per heavy atom. The lowest BCUT2D eigenvalue weighted by Crippen LogP contribution is -2.13. The molecule has 0 unspecified atom stereocenters. The molecule has 0 amide bonds. The molecule has 0 saturated heterocycles. The molecule has 0 heteroatoms. The molecule has 0 aromatic carbocycles. The molecule has 0 aliphatic heterocycles. The topological polar surface area (TPSA) is 0 Å². The minimum absolute atomic E-state index is 0.885. The van der Waals surface area contributed by atoms with Crippen LogP contribution in [0.4, 0.5) is 0 Å². The summed E-state index contributed by atoms with van der Waals surface area (Å²) in [5.41, 5.74) is 0. The molecule has 23 heavy (non-hydrogen) atoms. The van der Waals surface area contributed by atoms with Gasteiger partial charge in [-0.2, -0.15) is 0 Å². The van der Waals surface area contributed by atoms with Crippen LogP contribution in [0.5, 0.6) is 0 Å². The number of hydrogen-bond donors (Lipinski definition) is 0. The van der Waals surface area contributed by atoms with E-state index in [-0.39, 0.29) is 0 Å². The van der Waals surface area contributed by atoms with Crippen molar-refractivity contribution in [3.8, 4) is 0 Å². The molecule has 0 nitrogen and oxygen atoms in total. The quantitative estimate of drug-likeness (QED) is 0.402. The number of allylic oxidation sites excluding steroid dienone is 4. The van der Waals surface area contributed by atoms with E-state index >= 15 is 0 Å². The van der Waals surface area contributed by atoms with Crippen molar-refractivity contribution in [2.24, 2.45) is 23.7 Å². The van der Waals surface area contributed by atoms with E-state index in [0.717, 1.165) is 23.7 Å². The molecule has 2 aliphatic carbocycles. The maximum absolute atomic E-state index is 2.52. The molecule has 0 aromatic rings. The van der Waals surface area contributed by atoms with Gasteiger partial charge in [0.25, 0.3) is 0 Å². The van der Waals surface area contributed by atoms with Crippen molar-refractivity contribution in [1.29, 1.82) is 0 Å². The van der Waals surface area contributed by atoms with E-state index in [9.17, 15) is 0 Å². The van der Waals surface area contributed by atoms with Crippen LogP contribution < -0.4 is 0 Å². The Labute approximate surface area is 145 Å². The van der Waals surface area contributed by atoms with Gasteiger partial charge in [0.2, 0.25) is 0 Å². The Morgan fingerprint density at radius 3 is 1.70 bits per heavy atom. The molecule has 0 atom stereocenters. The van der Waals surface area contributed by atoms with Crippen LogP contribution in [0.3, 0.4) is 0 Å². The summed E-state index contributed by atoms with van der Waals surface area (Å²) in [6.07, 6.45) is 28.3. The number of hydrogen-bond acceptors (Lipinski definition) is 0. The summed E-state index contributed by atoms with van der Waals surface area (Å²) < 4.78 is 0. The highest BCUT2D eigenvalue weighted by molar-refractivity contribution is 4.93. The third-order valence-electron chi connectivity index (χ3n) is 6.40. The monoisotopic (exact) mass is 316 g/mol. The lowest BCUT2D eigenvalue weighted by Gasteiger charge is -2.27. The Morgan fingerprint density at radius 1 is 0.652 bits per heavy atom. The average Bonchev–Trinajstić information content (AvgIpc) is 2.61. The van der Waals surface area contributed by atoms with Crippen molar-refractivity contribution in [3.63, 3.8) is 0 Å². The van der Waals surface area contributed by atoms with E-state index in [0.29, 0.717) is 0 Å². The van der Waals surface area contributed by atoms with E-state index in [1.165, 1.54) is 83.5 Å². The maximum atomic E-state index is 2.52. The van der Waals surface area contributed by atoms with Crippen molar-refractivity contribution >= 4 is 0 Å². The predicted octanol–water partition coefficient (Wildman–Crippen LogP) is 7.70. The van der Waals surface area contributed by atoms with Crippen LogP contribution in [0.1, 0.15) is 97.3 Å². The standard InChI is InChI=1S/C23H40/c1-3-5-6-9-21-16-18-23(19-17-21)11-8-7-10-22-14-12-20(4-2)13-15-22/h6-9,20-23H,3-5,10-19H2,1-2H3/b8-7-,9-6?. The first kappa shape index (κ1) is 18.8. The smallest absolute Gasteiger partial charge is 0.0233 e. The number of rotatable bonds is 8. The molecule has 0 aromatic heterocycles. The molecule has 0 N–H and O–H groups in total. The van der Waals surface area contributed by atoms with Gasteiger partial charge in [-0.3, -0.25) is 0 Å². The Bertz CT molecular complexity index is 335. The van der Waals surface area contributed by atoms with Crippen molar-refractivity contribution < 1.29 is 0 Å². The van der Waals surface area contributed by atoms with Crippen LogP contribution >= 0.6 is 0 Å². The van der Waals surface area contributed by atoms with Crippen molar-refractivity contribution in [3.05, 3.63) is 24.3 Å². The van der Waals surface area contributed by atoms with E-state index in [4.69, 9.17) is 0 Å². The van der Waals surface area contributed by atoms with Crippen LogP contribution in [0.25, 0.3) is 0 Å². The highest BCUT2D eigenvalue weighted by Gasteiger charge is 2.20. The lowest BCUT2D eigenvalue weighted by molar-refractivity contribution is 0.270. The SMILES string of the molecule is CCCC=CC1CCC(C/C=C\CC2CCC(CC)CC2)CC1. The summed E-state index contributed by atoms with van der Waals surface area (Å²) >= 11 is 0. The fourth-order valence-electron chi connectivity index (χ4n) is 4.52. The summed E-state index contributed by atoms with van der Waals surface area (Å²) in [5.74, 6) is 3.89. The van der Waals surface area contributed by atoms with Gasteiger partial charge in [0.05, 0.1) is 0 Å². The molecule has 0 spiro atoms. The van der Waals surface area contributed by atoms with Gasteiger partial charge in [-0.05, 0) is 81.5 Å². The first-order chi connectivity index (χ1) is 11.3. The van der Waals surface area contributed by atoms with Gasteiger partial charge in [-0.25, -0.2) is 0 Å². The van der Waals surface area contributed by atoms with Crippen LogP contribution in [0, 0.1) is 23.7 Å². The minimum atomic E-state index is 0.885. The van der Waals surface area contributed by atoms with Crippen LogP contribution in [0.15, 0.2) is 24.3 Å². The van der Waals surface area contributed by atoms with Crippen molar-refractivity contribution in [2.75, 3.05) is 0 Å². The molecule has 0 heterocycles. The van der Waals surface area contributed by atoms with Crippen LogP contribution in [-0.4, -0.2) is 0 Å². The molecule has 2 aliphatic rings. The van der Waals surface area contributed by atoms with E-state index in [2.05, 4.69) is 38.2 Å². The molecule has 2 fully saturated rings. The fourth-order valence-corrected chi connectivity index (χ4v) is 4.52. The predicted molar refractivity (Wildman–Crippen MR) is 104 cm³/mol. The average molecular weight is 317 g/mol. The van der Waals surface area contributed by atoms with Crippen molar-refractivity contribution in [2.45, 2.75) is 97.3 Å². The third kappa shape index (κ3) is 7.27. The van der Waals surface area contributed by atoms with E-state index in [1.54, 1.807) is 0 Å². The summed E-state index contributed by atoms with van der Waals surface area (Å²) in [4.78, 5) is 0. The first-order valence-electron chi connectivity index (χ1n) is 10.6. The Kier molecular flexibility index (Phi) is 9.09. The zero-order valence-electron chi connectivity index (χ0n) is 15.8. The zero-order valence-corrected chi connectivity index (χ0v) is 15.8. The largest absolute Gasteiger partial charge is 0.0883 e. The van der Waals surface area contributed by atoms with E-state index < -0.39 is 0 Å². The Balaban J connectivity index is 1.55. The van der Waals surface area contributed by atoms with Gasteiger partial charge < -0.3 is 0 Å². The van der Waals surface area contributed by atoms with Gasteiger partial charge in [-0.15, -0.1) is 0 Å². The maximum Gasteiger partial charge on any atom is -0.0233 e. The summed E-state index contributed by atoms with van der Waals surface area (Å²) in [6.45, 7) is 4.63. The van der Waals surface area contributed by atoms with Gasteiger partial charge in [0.1, 0.15) is 0 Å². The molecule has 2 saturated carbocycles. The molecule has 0 bridgehead atoms. The zero-order chi connectivity index (χ0) is 16.3. The second-order valence-corrected chi connectivity index (χ2v) is 8.24. The minimum Gasteiger partial charge on any atom is -0.0883 e. The molecular weight excluding hydrogens is 276 g/mol. The molecule has 132 valence electrons. The van der Waals surface area contributed by atoms with Gasteiger partial charge in [0, 0.05) is 0 Å². The molecular formula is C23H40. The normalized spacial score (nSPS) is 32.8. The summed E-state index contributed by atoms with van der Waals surface area (Å²) in [5, 5.41) is 0. The highest BCUT2D eigenvalue weighted by atomic mass is 14.3. The van der Waals surface area contributed by atoms with Gasteiger partial charge >= 0.3 is 0 Å². The summed E-state index contributed by atoms with van der Waals surface area (Å²) in [7, 11) is 0. The van der Waals surface area contributed by atoms with Gasteiger partial charge in [-0.1, -0.05) is 63.8 Å². The second-order valence-electron chi connectivity index (χ2n) is 8.24. The first-order valence-corrected chi connectivity index (χ1v) is 10.6. The number of unbranched alkanes of at least 4 members (excludes halogenated alkanes) is 1. The highest BCUT2D eigenvalue weighted by Crippen LogP contribution is 2.34. The second kappa shape index (κ2) is 11.1. The Hall–Kier alpha value is -0.520. The fraction of sp³-hybridized carbons (Fsp3) is 0.826. The van der Waals surface area contributed by atoms with Crippen LogP contribution in [0.2, 0.25) is 0 Å². The lowest BCUT2D eigenvalue weighted by atomic mass is 9.79. The van der Waals surface area contributed by atoms with Gasteiger partial charge in [0.15, 0.2) is 0 Å². The van der Waals surface area contributed by atoms with Crippen molar-refractivity contribution in [1.82, 2.24) is 0 Å². The van der Waals surface area contributed by atoms with E-state index in [1.807, 2.05) is 0 Å². The van der Waals surface area contributed by atoms with Crippen LogP contribution in [-0.2, 0) is 0 Å².